The van der Waals surface area contributed by atoms with Gasteiger partial charge in [0.15, 0.2) is 0 Å². The topological polar surface area (TPSA) is 82.0 Å². The molecule has 1 heterocycles. The molecule has 1 saturated carbocycles. The highest BCUT2D eigenvalue weighted by molar-refractivity contribution is 7.90. The molecule has 0 amide bonds. The molecule has 0 saturated heterocycles. The summed E-state index contributed by atoms with van der Waals surface area (Å²) >= 11 is 0. The van der Waals surface area contributed by atoms with Gasteiger partial charge in [-0.05, 0) is 18.9 Å². The molecule has 19 heavy (non-hydrogen) atoms. The highest BCUT2D eigenvalue weighted by Gasteiger charge is 2.34. The van der Waals surface area contributed by atoms with Crippen LogP contribution in [0, 0.1) is 0 Å². The Bertz CT molecular complexity index is 623. The monoisotopic (exact) mass is 281 g/mol. The quantitative estimate of drug-likeness (QED) is 0.642. The molecule has 3 rings (SSSR count). The number of rotatable bonds is 3. The Balaban J connectivity index is 2.00. The fourth-order valence-electron chi connectivity index (χ4n) is 2.23. The Morgan fingerprint density at radius 3 is 2.74 bits per heavy atom. The average Bonchev–Trinajstić information content (AvgIpc) is 3.20. The van der Waals surface area contributed by atoms with E-state index in [1.807, 2.05) is 0 Å². The maximum atomic E-state index is 12.3. The first-order valence-electron chi connectivity index (χ1n) is 6.22. The molecule has 0 bridgehead atoms. The predicted octanol–water partition coefficient (Wildman–Crippen LogP) is 1.07. The number of anilines is 1. The van der Waals surface area contributed by atoms with E-state index in [2.05, 4.69) is 9.88 Å². The molecule has 1 fully saturated rings. The Hall–Kier alpha value is -1.60. The van der Waals surface area contributed by atoms with Gasteiger partial charge < -0.3 is 5.21 Å². The summed E-state index contributed by atoms with van der Waals surface area (Å²) in [6.07, 6.45) is 2.20. The number of para-hydroxylation sites is 1. The van der Waals surface area contributed by atoms with Crippen molar-refractivity contribution in [2.45, 2.75) is 25.3 Å². The lowest BCUT2D eigenvalue weighted by Gasteiger charge is -2.30. The van der Waals surface area contributed by atoms with Crippen LogP contribution in [0.2, 0.25) is 0 Å². The van der Waals surface area contributed by atoms with E-state index in [-0.39, 0.29) is 6.04 Å². The zero-order valence-corrected chi connectivity index (χ0v) is 11.1. The van der Waals surface area contributed by atoms with Gasteiger partial charge in [-0.1, -0.05) is 23.4 Å². The molecule has 1 aliphatic carbocycles. The van der Waals surface area contributed by atoms with Crippen LogP contribution >= 0.6 is 0 Å². The molecule has 102 valence electrons. The van der Waals surface area contributed by atoms with Crippen molar-refractivity contribution in [3.63, 3.8) is 0 Å². The van der Waals surface area contributed by atoms with E-state index in [0.717, 1.165) is 12.8 Å². The molecule has 2 N–H and O–H groups in total. The van der Waals surface area contributed by atoms with E-state index in [9.17, 15) is 8.42 Å². The summed E-state index contributed by atoms with van der Waals surface area (Å²) in [5, 5.41) is 12.2. The van der Waals surface area contributed by atoms with E-state index in [0.29, 0.717) is 29.9 Å². The molecule has 0 aromatic heterocycles. The summed E-state index contributed by atoms with van der Waals surface area (Å²) in [6.45, 7) is 0.290. The number of hydrogen-bond acceptors (Lipinski definition) is 4. The van der Waals surface area contributed by atoms with Crippen molar-refractivity contribution in [2.75, 3.05) is 10.8 Å². The number of fused-ring (bicyclic) bond motifs is 1. The van der Waals surface area contributed by atoms with Gasteiger partial charge in [-0.15, -0.1) is 0 Å². The van der Waals surface area contributed by atoms with E-state index < -0.39 is 10.2 Å². The van der Waals surface area contributed by atoms with Gasteiger partial charge in [0.25, 0.3) is 0 Å². The minimum atomic E-state index is -3.52. The predicted molar refractivity (Wildman–Crippen MR) is 71.8 cm³/mol. The van der Waals surface area contributed by atoms with Gasteiger partial charge in [0.1, 0.15) is 0 Å². The normalized spacial score (nSPS) is 21.5. The summed E-state index contributed by atoms with van der Waals surface area (Å²) in [5.41, 5.74) is 1.75. The minimum absolute atomic E-state index is 0.0741. The first kappa shape index (κ1) is 12.4. The van der Waals surface area contributed by atoms with Crippen LogP contribution in [0.4, 0.5) is 5.69 Å². The molecule has 6 nitrogen and oxygen atoms in total. The Morgan fingerprint density at radius 2 is 2.05 bits per heavy atom. The largest absolute Gasteiger partial charge is 0.411 e. The lowest BCUT2D eigenvalue weighted by molar-refractivity contribution is 0.318. The first-order chi connectivity index (χ1) is 9.12. The lowest BCUT2D eigenvalue weighted by atomic mass is 10.0. The fourth-order valence-corrected chi connectivity index (χ4v) is 3.76. The molecule has 2 aliphatic rings. The molecule has 0 spiro atoms. The van der Waals surface area contributed by atoms with E-state index >= 15 is 0 Å². The standard InChI is InChI=1S/C12H15N3O3S/c16-13-11-7-8-15(12-4-2-1-3-10(11)12)19(17,18)14-9-5-6-9/h1-4,9,14,16H,5-8H2/b13-11-. The third kappa shape index (κ3) is 2.31. The Labute approximate surface area is 111 Å². The summed E-state index contributed by atoms with van der Waals surface area (Å²) < 4.78 is 28.6. The molecule has 0 unspecified atom stereocenters. The SMILES string of the molecule is O=S(=O)(NC1CC1)N1CC/C(=N/O)c2ccccc21. The smallest absolute Gasteiger partial charge is 0.301 e. The summed E-state index contributed by atoms with van der Waals surface area (Å²) in [6, 6.07) is 7.15. The summed E-state index contributed by atoms with van der Waals surface area (Å²) in [5.74, 6) is 0. The van der Waals surface area contributed by atoms with Gasteiger partial charge in [-0.3, -0.25) is 4.31 Å². The summed E-state index contributed by atoms with van der Waals surface area (Å²) in [7, 11) is -3.52. The molecule has 0 atom stereocenters. The van der Waals surface area contributed by atoms with Crippen LogP contribution in [0.25, 0.3) is 0 Å². The highest BCUT2D eigenvalue weighted by atomic mass is 32.2. The number of oxime groups is 1. The van der Waals surface area contributed by atoms with Crippen LogP contribution in [0.5, 0.6) is 0 Å². The van der Waals surface area contributed by atoms with Gasteiger partial charge >= 0.3 is 10.2 Å². The van der Waals surface area contributed by atoms with Crippen LogP contribution in [-0.4, -0.2) is 31.9 Å². The van der Waals surface area contributed by atoms with E-state index in [1.165, 1.54) is 4.31 Å². The van der Waals surface area contributed by atoms with Crippen LogP contribution in [0.15, 0.2) is 29.4 Å². The molecule has 0 radical (unpaired) electrons. The molecular weight excluding hydrogens is 266 g/mol. The van der Waals surface area contributed by atoms with Crippen LogP contribution in [0.1, 0.15) is 24.8 Å². The number of hydrogen-bond donors (Lipinski definition) is 2. The Kier molecular flexibility index (Phi) is 2.94. The van der Waals surface area contributed by atoms with Crippen LogP contribution < -0.4 is 9.03 Å². The maximum Gasteiger partial charge on any atom is 0.301 e. The van der Waals surface area contributed by atoms with Gasteiger partial charge in [0.2, 0.25) is 0 Å². The number of nitrogens with zero attached hydrogens (tertiary/aromatic N) is 2. The second-order valence-corrected chi connectivity index (χ2v) is 6.41. The van der Waals surface area contributed by atoms with E-state index in [4.69, 9.17) is 5.21 Å². The third-order valence-corrected chi connectivity index (χ3v) is 4.93. The van der Waals surface area contributed by atoms with Gasteiger partial charge in [-0.2, -0.15) is 13.1 Å². The number of nitrogens with one attached hydrogen (secondary N) is 1. The molecule has 7 heteroatoms. The Morgan fingerprint density at radius 1 is 1.32 bits per heavy atom. The third-order valence-electron chi connectivity index (χ3n) is 3.34. The van der Waals surface area contributed by atoms with Crippen molar-refractivity contribution in [3.05, 3.63) is 29.8 Å². The van der Waals surface area contributed by atoms with E-state index in [1.54, 1.807) is 24.3 Å². The number of benzene rings is 1. The van der Waals surface area contributed by atoms with Crippen LogP contribution in [0.3, 0.4) is 0 Å². The van der Waals surface area contributed by atoms with Crippen molar-refractivity contribution < 1.29 is 13.6 Å². The summed E-state index contributed by atoms with van der Waals surface area (Å²) in [4.78, 5) is 0. The van der Waals surface area contributed by atoms with Crippen molar-refractivity contribution in [3.8, 4) is 0 Å². The molecule has 1 aromatic carbocycles. The minimum Gasteiger partial charge on any atom is -0.411 e. The lowest BCUT2D eigenvalue weighted by Crippen LogP contribution is -2.45. The zero-order valence-electron chi connectivity index (χ0n) is 10.3. The van der Waals surface area contributed by atoms with Gasteiger partial charge in [0, 0.05) is 24.6 Å². The zero-order chi connectivity index (χ0) is 13.5. The highest BCUT2D eigenvalue weighted by Crippen LogP contribution is 2.30. The molecular formula is C12H15N3O3S. The van der Waals surface area contributed by atoms with Gasteiger partial charge in [0.05, 0.1) is 11.4 Å². The van der Waals surface area contributed by atoms with Gasteiger partial charge in [-0.25, -0.2) is 0 Å². The second-order valence-electron chi connectivity index (χ2n) is 4.78. The van der Waals surface area contributed by atoms with Crippen molar-refractivity contribution >= 4 is 21.6 Å². The first-order valence-corrected chi connectivity index (χ1v) is 7.66. The molecule has 1 aromatic rings. The van der Waals surface area contributed by atoms with Crippen molar-refractivity contribution in [2.24, 2.45) is 5.16 Å². The average molecular weight is 281 g/mol. The van der Waals surface area contributed by atoms with Crippen molar-refractivity contribution in [1.82, 2.24) is 4.72 Å². The van der Waals surface area contributed by atoms with Crippen molar-refractivity contribution in [1.29, 1.82) is 0 Å². The molecule has 1 aliphatic heterocycles. The van der Waals surface area contributed by atoms with Crippen LogP contribution in [-0.2, 0) is 10.2 Å². The second kappa shape index (κ2) is 4.50. The maximum absolute atomic E-state index is 12.3. The fraction of sp³-hybridized carbons (Fsp3) is 0.417.